The van der Waals surface area contributed by atoms with Gasteiger partial charge in [-0.1, -0.05) is 6.92 Å². The van der Waals surface area contributed by atoms with E-state index in [-0.39, 0.29) is 18.1 Å². The second-order valence-corrected chi connectivity index (χ2v) is 5.72. The first-order valence-corrected chi connectivity index (χ1v) is 7.07. The highest BCUT2D eigenvalue weighted by Gasteiger charge is 2.07. The van der Waals surface area contributed by atoms with Gasteiger partial charge in [0.25, 0.3) is 0 Å². The molecule has 0 aromatic carbocycles. The lowest BCUT2D eigenvalue weighted by Crippen LogP contribution is -2.28. The van der Waals surface area contributed by atoms with Gasteiger partial charge in [-0.3, -0.25) is 4.79 Å². The van der Waals surface area contributed by atoms with Gasteiger partial charge in [-0.2, -0.15) is 0 Å². The van der Waals surface area contributed by atoms with Gasteiger partial charge in [-0.15, -0.1) is 0 Å². The fourth-order valence-electron chi connectivity index (χ4n) is 1.08. The summed E-state index contributed by atoms with van der Waals surface area (Å²) < 4.78 is 27.4. The van der Waals surface area contributed by atoms with E-state index >= 15 is 0 Å². The maximum absolute atomic E-state index is 11.3. The SMILES string of the molecule is CCCS(=O)(=O)CCNCCOCC(N)=O. The highest BCUT2D eigenvalue weighted by Crippen LogP contribution is 1.91. The second kappa shape index (κ2) is 8.49. The van der Waals surface area contributed by atoms with Crippen molar-refractivity contribution in [2.45, 2.75) is 13.3 Å². The lowest BCUT2D eigenvalue weighted by Gasteiger charge is -2.05. The van der Waals surface area contributed by atoms with Crippen molar-refractivity contribution in [3.05, 3.63) is 0 Å². The molecule has 0 aliphatic carbocycles. The zero-order chi connectivity index (χ0) is 12.4. The fraction of sp³-hybridized carbons (Fsp3) is 0.889. The molecule has 0 aliphatic rings. The molecule has 0 radical (unpaired) electrons. The van der Waals surface area contributed by atoms with Crippen LogP contribution in [0.25, 0.3) is 0 Å². The molecule has 7 heteroatoms. The third-order valence-corrected chi connectivity index (χ3v) is 3.63. The van der Waals surface area contributed by atoms with Crippen LogP contribution in [0.15, 0.2) is 0 Å². The molecule has 3 N–H and O–H groups in total. The topological polar surface area (TPSA) is 98.5 Å². The molecule has 0 aromatic rings. The van der Waals surface area contributed by atoms with Crippen molar-refractivity contribution in [2.75, 3.05) is 37.8 Å². The van der Waals surface area contributed by atoms with Crippen LogP contribution >= 0.6 is 0 Å². The van der Waals surface area contributed by atoms with Crippen LogP contribution in [0, 0.1) is 0 Å². The summed E-state index contributed by atoms with van der Waals surface area (Å²) in [6.45, 7) is 2.99. The van der Waals surface area contributed by atoms with Crippen LogP contribution < -0.4 is 11.1 Å². The number of nitrogens with two attached hydrogens (primary N) is 1. The summed E-state index contributed by atoms with van der Waals surface area (Å²) in [6.07, 6.45) is 0.643. The van der Waals surface area contributed by atoms with Gasteiger partial charge in [0, 0.05) is 18.8 Å². The predicted octanol–water partition coefficient (Wildman–Crippen LogP) is -1.10. The van der Waals surface area contributed by atoms with Crippen molar-refractivity contribution in [2.24, 2.45) is 5.73 Å². The summed E-state index contributed by atoms with van der Waals surface area (Å²) in [4.78, 5) is 10.3. The molecular formula is C9H20N2O4S. The maximum Gasteiger partial charge on any atom is 0.243 e. The first-order valence-electron chi connectivity index (χ1n) is 5.25. The number of amides is 1. The molecule has 1 amide bonds. The number of primary amides is 1. The normalized spacial score (nSPS) is 11.6. The van der Waals surface area contributed by atoms with Crippen molar-refractivity contribution in [1.82, 2.24) is 5.32 Å². The molecule has 96 valence electrons. The van der Waals surface area contributed by atoms with E-state index in [1.165, 1.54) is 0 Å². The van der Waals surface area contributed by atoms with Crippen molar-refractivity contribution in [3.8, 4) is 0 Å². The monoisotopic (exact) mass is 252 g/mol. The highest BCUT2D eigenvalue weighted by atomic mass is 32.2. The van der Waals surface area contributed by atoms with Gasteiger partial charge in [-0.05, 0) is 6.42 Å². The van der Waals surface area contributed by atoms with Crippen LogP contribution in [0.1, 0.15) is 13.3 Å². The Hall–Kier alpha value is -0.660. The molecule has 6 nitrogen and oxygen atoms in total. The zero-order valence-electron chi connectivity index (χ0n) is 9.57. The third kappa shape index (κ3) is 9.88. The van der Waals surface area contributed by atoms with Gasteiger partial charge in [0.15, 0.2) is 9.84 Å². The van der Waals surface area contributed by atoms with E-state index in [2.05, 4.69) is 5.32 Å². The molecule has 16 heavy (non-hydrogen) atoms. The number of nitrogens with one attached hydrogen (secondary N) is 1. The second-order valence-electron chi connectivity index (χ2n) is 3.42. The Balaban J connectivity index is 3.37. The van der Waals surface area contributed by atoms with E-state index in [9.17, 15) is 13.2 Å². The minimum atomic E-state index is -2.92. The summed E-state index contributed by atoms with van der Waals surface area (Å²) in [5, 5.41) is 2.92. The minimum absolute atomic E-state index is 0.101. The van der Waals surface area contributed by atoms with E-state index in [0.29, 0.717) is 26.1 Å². The van der Waals surface area contributed by atoms with Gasteiger partial charge in [0.05, 0.1) is 12.4 Å². The average molecular weight is 252 g/mol. The molecule has 0 spiro atoms. The first-order chi connectivity index (χ1) is 7.48. The zero-order valence-corrected chi connectivity index (χ0v) is 10.4. The standard InChI is InChI=1S/C9H20N2O4S/c1-2-6-16(13,14)7-4-11-3-5-15-8-9(10)12/h11H,2-8H2,1H3,(H2,10,12). The Labute approximate surface area is 96.4 Å². The van der Waals surface area contributed by atoms with Crippen LogP contribution in [-0.2, 0) is 19.4 Å². The van der Waals surface area contributed by atoms with Gasteiger partial charge in [0.2, 0.25) is 5.91 Å². The highest BCUT2D eigenvalue weighted by molar-refractivity contribution is 7.91. The van der Waals surface area contributed by atoms with Crippen LogP contribution in [-0.4, -0.2) is 52.1 Å². The van der Waals surface area contributed by atoms with E-state index in [0.717, 1.165) is 0 Å². The van der Waals surface area contributed by atoms with Crippen molar-refractivity contribution < 1.29 is 17.9 Å². The number of ether oxygens (including phenoxy) is 1. The van der Waals surface area contributed by atoms with Crippen LogP contribution in [0.2, 0.25) is 0 Å². The molecular weight excluding hydrogens is 232 g/mol. The molecule has 0 rings (SSSR count). The number of hydrogen-bond donors (Lipinski definition) is 2. The average Bonchev–Trinajstić information content (AvgIpc) is 2.15. The molecule has 0 aromatic heterocycles. The molecule has 0 saturated carbocycles. The first kappa shape index (κ1) is 15.3. The van der Waals surface area contributed by atoms with Crippen LogP contribution in [0.4, 0.5) is 0 Å². The summed E-state index contributed by atoms with van der Waals surface area (Å²) in [5.41, 5.74) is 4.86. The van der Waals surface area contributed by atoms with E-state index in [1.807, 2.05) is 6.92 Å². The predicted molar refractivity (Wildman–Crippen MR) is 61.8 cm³/mol. The maximum atomic E-state index is 11.3. The Morgan fingerprint density at radius 1 is 1.31 bits per heavy atom. The number of sulfone groups is 1. The molecule has 0 unspecified atom stereocenters. The molecule has 0 bridgehead atoms. The summed E-state index contributed by atoms with van der Waals surface area (Å²) in [6, 6.07) is 0. The van der Waals surface area contributed by atoms with Crippen molar-refractivity contribution in [3.63, 3.8) is 0 Å². The van der Waals surface area contributed by atoms with Gasteiger partial charge < -0.3 is 15.8 Å². The van der Waals surface area contributed by atoms with Crippen LogP contribution in [0.5, 0.6) is 0 Å². The Bertz CT molecular complexity index is 290. The Morgan fingerprint density at radius 3 is 2.56 bits per heavy atom. The molecule has 0 saturated heterocycles. The number of rotatable bonds is 10. The Kier molecular flexibility index (Phi) is 8.14. The molecule has 0 fully saturated rings. The minimum Gasteiger partial charge on any atom is -0.370 e. The van der Waals surface area contributed by atoms with Gasteiger partial charge in [0.1, 0.15) is 6.61 Å². The molecule has 0 aliphatic heterocycles. The summed E-state index contributed by atoms with van der Waals surface area (Å²) in [5.74, 6) is -0.144. The number of hydrogen-bond acceptors (Lipinski definition) is 5. The van der Waals surface area contributed by atoms with E-state index in [1.54, 1.807) is 0 Å². The molecule has 0 heterocycles. The van der Waals surface area contributed by atoms with E-state index in [4.69, 9.17) is 10.5 Å². The third-order valence-electron chi connectivity index (χ3n) is 1.77. The lowest BCUT2D eigenvalue weighted by atomic mass is 10.6. The lowest BCUT2D eigenvalue weighted by molar-refractivity contribution is -0.122. The summed E-state index contributed by atoms with van der Waals surface area (Å²) in [7, 11) is -2.92. The van der Waals surface area contributed by atoms with Crippen LogP contribution in [0.3, 0.4) is 0 Å². The number of carbonyl (C=O) groups excluding carboxylic acids is 1. The van der Waals surface area contributed by atoms with E-state index < -0.39 is 15.7 Å². The van der Waals surface area contributed by atoms with Crippen molar-refractivity contribution in [1.29, 1.82) is 0 Å². The Morgan fingerprint density at radius 2 is 2.00 bits per heavy atom. The number of carbonyl (C=O) groups is 1. The molecule has 0 atom stereocenters. The van der Waals surface area contributed by atoms with Gasteiger partial charge >= 0.3 is 0 Å². The summed E-state index contributed by atoms with van der Waals surface area (Å²) >= 11 is 0. The fourth-order valence-corrected chi connectivity index (χ4v) is 2.36. The van der Waals surface area contributed by atoms with Gasteiger partial charge in [-0.25, -0.2) is 8.42 Å². The smallest absolute Gasteiger partial charge is 0.243 e. The quantitative estimate of drug-likeness (QED) is 0.481. The van der Waals surface area contributed by atoms with Crippen molar-refractivity contribution >= 4 is 15.7 Å². The largest absolute Gasteiger partial charge is 0.370 e.